The second-order valence-electron chi connectivity index (χ2n) is 7.14. The van der Waals surface area contributed by atoms with Crippen molar-refractivity contribution in [2.75, 3.05) is 27.2 Å². The highest BCUT2D eigenvalue weighted by atomic mass is 16.3. The van der Waals surface area contributed by atoms with Gasteiger partial charge in [0.05, 0.1) is 17.0 Å². The van der Waals surface area contributed by atoms with Crippen molar-refractivity contribution in [1.82, 2.24) is 9.80 Å². The van der Waals surface area contributed by atoms with Gasteiger partial charge in [-0.1, -0.05) is 42.5 Å². The molecule has 5 nitrogen and oxygen atoms in total. The molecule has 1 aliphatic rings. The summed E-state index contributed by atoms with van der Waals surface area (Å²) in [6.45, 7) is 1.43. The third-order valence-corrected chi connectivity index (χ3v) is 4.99. The van der Waals surface area contributed by atoms with E-state index >= 15 is 0 Å². The first-order chi connectivity index (χ1) is 13.1. The predicted octanol–water partition coefficient (Wildman–Crippen LogP) is 3.29. The average molecular weight is 362 g/mol. The Hall–Kier alpha value is -2.92. The largest absolute Gasteiger partial charge is 0.450 e. The van der Waals surface area contributed by atoms with Gasteiger partial charge in [-0.2, -0.15) is 0 Å². The van der Waals surface area contributed by atoms with Gasteiger partial charge in [-0.05, 0) is 44.8 Å². The van der Waals surface area contributed by atoms with Crippen LogP contribution in [-0.4, -0.2) is 42.9 Å². The molecule has 1 aliphatic heterocycles. The monoisotopic (exact) mass is 362 g/mol. The van der Waals surface area contributed by atoms with Crippen LogP contribution in [0, 0.1) is 0 Å². The molecular formula is C22H22N2O3. The van der Waals surface area contributed by atoms with E-state index in [4.69, 9.17) is 4.42 Å². The Kier molecular flexibility index (Phi) is 4.54. The zero-order valence-corrected chi connectivity index (χ0v) is 15.5. The molecule has 0 saturated heterocycles. The molecule has 0 N–H and O–H groups in total. The first-order valence-electron chi connectivity index (χ1n) is 9.14. The fourth-order valence-corrected chi connectivity index (χ4v) is 3.74. The number of rotatable bonds is 5. The minimum absolute atomic E-state index is 0.121. The van der Waals surface area contributed by atoms with Gasteiger partial charge in [0.2, 0.25) is 5.76 Å². The molecule has 0 aliphatic carbocycles. The van der Waals surface area contributed by atoms with Gasteiger partial charge in [-0.25, -0.2) is 0 Å². The summed E-state index contributed by atoms with van der Waals surface area (Å²) < 4.78 is 5.91. The molecule has 0 radical (unpaired) electrons. The second-order valence-corrected chi connectivity index (χ2v) is 7.14. The lowest BCUT2D eigenvalue weighted by Crippen LogP contribution is -2.32. The lowest BCUT2D eigenvalue weighted by Gasteiger charge is -2.25. The van der Waals surface area contributed by atoms with Crippen LogP contribution in [0.3, 0.4) is 0 Å². The molecule has 1 atom stereocenters. The molecule has 1 amide bonds. The van der Waals surface area contributed by atoms with E-state index < -0.39 is 6.04 Å². The number of benzene rings is 2. The zero-order chi connectivity index (χ0) is 19.0. The van der Waals surface area contributed by atoms with Gasteiger partial charge in [0.1, 0.15) is 5.58 Å². The van der Waals surface area contributed by atoms with E-state index in [9.17, 15) is 9.59 Å². The van der Waals surface area contributed by atoms with E-state index in [-0.39, 0.29) is 17.1 Å². The van der Waals surface area contributed by atoms with E-state index in [0.717, 1.165) is 18.5 Å². The lowest BCUT2D eigenvalue weighted by molar-refractivity contribution is 0.0722. The molecule has 1 unspecified atom stereocenters. The molecular weight excluding hydrogens is 340 g/mol. The number of carbonyl (C=O) groups excluding carboxylic acids is 1. The van der Waals surface area contributed by atoms with Crippen molar-refractivity contribution in [2.24, 2.45) is 0 Å². The number of para-hydroxylation sites is 1. The van der Waals surface area contributed by atoms with Crippen LogP contribution in [0.1, 0.15) is 34.1 Å². The molecule has 2 aromatic carbocycles. The fourth-order valence-electron chi connectivity index (χ4n) is 3.74. The van der Waals surface area contributed by atoms with Crippen LogP contribution in [0.25, 0.3) is 11.0 Å². The first-order valence-corrected chi connectivity index (χ1v) is 9.14. The Labute approximate surface area is 157 Å². The van der Waals surface area contributed by atoms with Crippen molar-refractivity contribution in [2.45, 2.75) is 12.5 Å². The number of nitrogens with zero attached hydrogens (tertiary/aromatic N) is 2. The Morgan fingerprint density at radius 3 is 2.44 bits per heavy atom. The molecule has 4 rings (SSSR count). The summed E-state index contributed by atoms with van der Waals surface area (Å²) in [5.41, 5.74) is 1.72. The summed E-state index contributed by atoms with van der Waals surface area (Å²) in [6, 6.07) is 16.4. The number of hydrogen-bond donors (Lipinski definition) is 0. The quantitative estimate of drug-likeness (QED) is 0.699. The predicted molar refractivity (Wildman–Crippen MR) is 105 cm³/mol. The standard InChI is InChI=1S/C22H22N2O3/c1-23(2)13-8-14-24-19(15-9-4-3-5-10-15)18-20(25)16-11-6-7-12-17(16)27-21(18)22(24)26/h3-7,9-12,19H,8,13-14H2,1-2H3. The smallest absolute Gasteiger partial charge is 0.290 e. The summed E-state index contributed by atoms with van der Waals surface area (Å²) in [5, 5.41) is 0.514. The normalized spacial score (nSPS) is 16.3. The van der Waals surface area contributed by atoms with Crippen molar-refractivity contribution in [3.05, 3.63) is 81.7 Å². The third-order valence-electron chi connectivity index (χ3n) is 4.99. The number of fused-ring (bicyclic) bond motifs is 2. The van der Waals surface area contributed by atoms with Crippen molar-refractivity contribution in [3.8, 4) is 0 Å². The third kappa shape index (κ3) is 3.04. The van der Waals surface area contributed by atoms with Gasteiger partial charge in [0.15, 0.2) is 5.43 Å². The SMILES string of the molecule is CN(C)CCCN1C(=O)c2oc3ccccc3c(=O)c2C1c1ccccc1. The maximum atomic E-state index is 13.2. The highest BCUT2D eigenvalue weighted by molar-refractivity contribution is 5.99. The Bertz CT molecular complexity index is 1040. The van der Waals surface area contributed by atoms with Crippen LogP contribution in [0.2, 0.25) is 0 Å². The summed E-state index contributed by atoms with van der Waals surface area (Å²) in [5.74, 6) is -0.0298. The highest BCUT2D eigenvalue weighted by Gasteiger charge is 2.42. The van der Waals surface area contributed by atoms with E-state index in [2.05, 4.69) is 4.90 Å². The summed E-state index contributed by atoms with van der Waals surface area (Å²) >= 11 is 0. The number of carbonyl (C=O) groups is 1. The minimum Gasteiger partial charge on any atom is -0.450 e. The maximum absolute atomic E-state index is 13.2. The summed E-state index contributed by atoms with van der Waals surface area (Å²) in [4.78, 5) is 30.2. The van der Waals surface area contributed by atoms with Gasteiger partial charge in [0.25, 0.3) is 5.91 Å². The molecule has 0 fully saturated rings. The lowest BCUT2D eigenvalue weighted by atomic mass is 9.98. The Morgan fingerprint density at radius 1 is 1.00 bits per heavy atom. The molecule has 138 valence electrons. The summed E-state index contributed by atoms with van der Waals surface area (Å²) in [7, 11) is 4.01. The minimum atomic E-state index is -0.406. The molecule has 0 spiro atoms. The number of hydrogen-bond acceptors (Lipinski definition) is 4. The second kappa shape index (κ2) is 7.00. The molecule has 5 heteroatoms. The average Bonchev–Trinajstić information content (AvgIpc) is 2.95. The van der Waals surface area contributed by atoms with Crippen LogP contribution >= 0.6 is 0 Å². The van der Waals surface area contributed by atoms with Gasteiger partial charge in [0, 0.05) is 6.54 Å². The van der Waals surface area contributed by atoms with Crippen LogP contribution in [0.4, 0.5) is 0 Å². The fraction of sp³-hybridized carbons (Fsp3) is 0.273. The van der Waals surface area contributed by atoms with Crippen LogP contribution < -0.4 is 5.43 Å². The van der Waals surface area contributed by atoms with Crippen LogP contribution in [0.5, 0.6) is 0 Å². The van der Waals surface area contributed by atoms with E-state index in [1.54, 1.807) is 23.1 Å². The van der Waals surface area contributed by atoms with E-state index in [0.29, 0.717) is 23.1 Å². The van der Waals surface area contributed by atoms with Gasteiger partial charge in [-0.3, -0.25) is 9.59 Å². The Morgan fingerprint density at radius 2 is 1.70 bits per heavy atom. The zero-order valence-electron chi connectivity index (χ0n) is 15.5. The molecule has 0 saturated carbocycles. The van der Waals surface area contributed by atoms with E-state index in [1.165, 1.54) is 0 Å². The highest BCUT2D eigenvalue weighted by Crippen LogP contribution is 2.37. The van der Waals surface area contributed by atoms with Crippen molar-refractivity contribution >= 4 is 16.9 Å². The molecule has 3 aromatic rings. The van der Waals surface area contributed by atoms with Crippen molar-refractivity contribution in [3.63, 3.8) is 0 Å². The van der Waals surface area contributed by atoms with Crippen LogP contribution in [0.15, 0.2) is 63.8 Å². The molecule has 1 aromatic heterocycles. The number of amides is 1. The maximum Gasteiger partial charge on any atom is 0.290 e. The van der Waals surface area contributed by atoms with Crippen LogP contribution in [-0.2, 0) is 0 Å². The molecule has 27 heavy (non-hydrogen) atoms. The molecule has 2 heterocycles. The molecule has 0 bridgehead atoms. The topological polar surface area (TPSA) is 53.8 Å². The van der Waals surface area contributed by atoms with Gasteiger partial charge < -0.3 is 14.2 Å². The first kappa shape index (κ1) is 17.5. The van der Waals surface area contributed by atoms with Gasteiger partial charge >= 0.3 is 0 Å². The summed E-state index contributed by atoms with van der Waals surface area (Å²) in [6.07, 6.45) is 0.823. The van der Waals surface area contributed by atoms with Crippen molar-refractivity contribution < 1.29 is 9.21 Å². The van der Waals surface area contributed by atoms with Crippen molar-refractivity contribution in [1.29, 1.82) is 0 Å². The van der Waals surface area contributed by atoms with Gasteiger partial charge in [-0.15, -0.1) is 0 Å². The van der Waals surface area contributed by atoms with E-state index in [1.807, 2.05) is 50.5 Å². The Balaban J connectivity index is 1.86.